The van der Waals surface area contributed by atoms with Gasteiger partial charge in [0.05, 0.1) is 5.69 Å². The molecule has 0 amide bonds. The third-order valence-corrected chi connectivity index (χ3v) is 4.40. The predicted molar refractivity (Wildman–Crippen MR) is 90.6 cm³/mol. The van der Waals surface area contributed by atoms with Crippen LogP contribution < -0.4 is 0 Å². The van der Waals surface area contributed by atoms with Gasteiger partial charge < -0.3 is 10.1 Å². The molecule has 5 nitrogen and oxygen atoms in total. The van der Waals surface area contributed by atoms with Crippen LogP contribution in [-0.4, -0.2) is 31.5 Å². The van der Waals surface area contributed by atoms with E-state index in [0.29, 0.717) is 10.3 Å². The van der Waals surface area contributed by atoms with Gasteiger partial charge in [0.15, 0.2) is 4.77 Å². The molecule has 0 atom stereocenters. The molecule has 0 radical (unpaired) electrons. The monoisotopic (exact) mass is 324 g/mol. The van der Waals surface area contributed by atoms with Gasteiger partial charge in [0, 0.05) is 48.9 Å². The largest absolute Gasteiger partial charge is 0.506 e. The van der Waals surface area contributed by atoms with Gasteiger partial charge in [-0.2, -0.15) is 0 Å². The molecule has 0 fully saturated rings. The van der Waals surface area contributed by atoms with E-state index in [-0.39, 0.29) is 5.75 Å². The van der Waals surface area contributed by atoms with E-state index in [1.807, 2.05) is 30.5 Å². The van der Waals surface area contributed by atoms with Crippen LogP contribution in [0.3, 0.4) is 0 Å². The van der Waals surface area contributed by atoms with E-state index in [4.69, 9.17) is 12.2 Å². The van der Waals surface area contributed by atoms with Crippen LogP contribution in [0.25, 0.3) is 10.9 Å². The number of aromatic amines is 1. The minimum Gasteiger partial charge on any atom is -0.506 e. The first kappa shape index (κ1) is 14.3. The van der Waals surface area contributed by atoms with E-state index < -0.39 is 0 Å². The number of benzene rings is 1. The Balaban J connectivity index is 1.58. The Kier molecular flexibility index (Phi) is 3.55. The number of aromatic hydroxyl groups is 1. The molecule has 0 saturated carbocycles. The maximum Gasteiger partial charge on any atom is 0.196 e. The molecule has 116 valence electrons. The Morgan fingerprint density at radius 2 is 2.17 bits per heavy atom. The summed E-state index contributed by atoms with van der Waals surface area (Å²) < 4.78 is 0.545. The average Bonchev–Trinajstić information content (AvgIpc) is 2.56. The third kappa shape index (κ3) is 2.83. The highest BCUT2D eigenvalue weighted by Gasteiger charge is 2.17. The molecular formula is C17H16N4OS. The first-order valence-corrected chi connectivity index (χ1v) is 7.97. The number of nitrogens with zero attached hydrogens (tertiary/aromatic N) is 3. The molecule has 0 bridgehead atoms. The molecule has 6 heteroatoms. The molecule has 3 heterocycles. The second-order valence-electron chi connectivity index (χ2n) is 5.80. The van der Waals surface area contributed by atoms with E-state index in [1.54, 1.807) is 6.07 Å². The Labute approximate surface area is 138 Å². The smallest absolute Gasteiger partial charge is 0.196 e. The standard InChI is InChI=1S/C17H16N4OS/c22-15-3-1-2-11-4-5-13(19-16(11)15)10-21-7-6-14-12(9-21)8-18-17(23)20-14/h1-5,8,22H,6-7,9-10H2,(H,18,20,23). The van der Waals surface area contributed by atoms with Crippen LogP contribution >= 0.6 is 12.2 Å². The van der Waals surface area contributed by atoms with Crippen molar-refractivity contribution in [2.45, 2.75) is 19.5 Å². The number of rotatable bonds is 2. The van der Waals surface area contributed by atoms with Gasteiger partial charge in [-0.1, -0.05) is 18.2 Å². The molecule has 3 aromatic rings. The Morgan fingerprint density at radius 1 is 1.26 bits per heavy atom. The Hall–Kier alpha value is -2.31. The molecule has 0 saturated heterocycles. The van der Waals surface area contributed by atoms with Gasteiger partial charge in [-0.3, -0.25) is 4.90 Å². The number of para-hydroxylation sites is 1. The highest BCUT2D eigenvalue weighted by molar-refractivity contribution is 7.71. The van der Waals surface area contributed by atoms with Gasteiger partial charge in [0.25, 0.3) is 0 Å². The first-order valence-electron chi connectivity index (χ1n) is 7.56. The number of H-pyrrole nitrogens is 1. The third-order valence-electron chi connectivity index (χ3n) is 4.20. The van der Waals surface area contributed by atoms with Crippen LogP contribution in [0, 0.1) is 4.77 Å². The molecule has 23 heavy (non-hydrogen) atoms. The van der Waals surface area contributed by atoms with Crippen molar-refractivity contribution in [1.82, 2.24) is 19.9 Å². The van der Waals surface area contributed by atoms with Gasteiger partial charge in [-0.15, -0.1) is 0 Å². The van der Waals surface area contributed by atoms with E-state index in [2.05, 4.69) is 19.9 Å². The molecule has 0 unspecified atom stereocenters. The quantitative estimate of drug-likeness (QED) is 0.710. The lowest BCUT2D eigenvalue weighted by molar-refractivity contribution is 0.240. The minimum absolute atomic E-state index is 0.227. The van der Waals surface area contributed by atoms with Gasteiger partial charge >= 0.3 is 0 Å². The molecule has 1 aliphatic rings. The molecule has 1 aromatic carbocycles. The summed E-state index contributed by atoms with van der Waals surface area (Å²) in [7, 11) is 0. The number of aromatic nitrogens is 3. The van der Waals surface area contributed by atoms with E-state index in [0.717, 1.165) is 37.1 Å². The number of hydrogen-bond donors (Lipinski definition) is 2. The van der Waals surface area contributed by atoms with Gasteiger partial charge in [0.1, 0.15) is 11.3 Å². The summed E-state index contributed by atoms with van der Waals surface area (Å²) in [4.78, 5) is 14.3. The second-order valence-corrected chi connectivity index (χ2v) is 6.19. The lowest BCUT2D eigenvalue weighted by Gasteiger charge is -2.27. The van der Waals surface area contributed by atoms with E-state index in [1.165, 1.54) is 11.3 Å². The Morgan fingerprint density at radius 3 is 3.09 bits per heavy atom. The summed E-state index contributed by atoms with van der Waals surface area (Å²) in [6.45, 7) is 2.52. The topological polar surface area (TPSA) is 65.0 Å². The lowest BCUT2D eigenvalue weighted by atomic mass is 10.1. The number of phenols is 1. The summed E-state index contributed by atoms with van der Waals surface area (Å²) in [6, 6.07) is 9.49. The van der Waals surface area contributed by atoms with E-state index >= 15 is 0 Å². The lowest BCUT2D eigenvalue weighted by Crippen LogP contribution is -2.31. The summed E-state index contributed by atoms with van der Waals surface area (Å²) in [5.41, 5.74) is 3.99. The zero-order valence-corrected chi connectivity index (χ0v) is 13.3. The van der Waals surface area contributed by atoms with Crippen molar-refractivity contribution in [2.24, 2.45) is 0 Å². The normalized spacial score (nSPS) is 14.8. The van der Waals surface area contributed by atoms with E-state index in [9.17, 15) is 5.11 Å². The van der Waals surface area contributed by atoms with Crippen LogP contribution in [0.5, 0.6) is 5.75 Å². The van der Waals surface area contributed by atoms with Crippen LogP contribution in [0.4, 0.5) is 0 Å². The zero-order valence-electron chi connectivity index (χ0n) is 12.5. The van der Waals surface area contributed by atoms with Gasteiger partial charge in [-0.25, -0.2) is 9.97 Å². The molecule has 0 spiro atoms. The highest BCUT2D eigenvalue weighted by atomic mass is 32.1. The second kappa shape index (κ2) is 5.72. The number of pyridine rings is 1. The van der Waals surface area contributed by atoms with Crippen molar-refractivity contribution in [1.29, 1.82) is 0 Å². The Bertz CT molecular complexity index is 937. The highest BCUT2D eigenvalue weighted by Crippen LogP contribution is 2.23. The van der Waals surface area contributed by atoms with Crippen LogP contribution in [0.1, 0.15) is 17.0 Å². The zero-order chi connectivity index (χ0) is 15.8. The fourth-order valence-corrected chi connectivity index (χ4v) is 3.21. The summed E-state index contributed by atoms with van der Waals surface area (Å²) in [6.07, 6.45) is 2.79. The van der Waals surface area contributed by atoms with Crippen LogP contribution in [0.2, 0.25) is 0 Å². The molecule has 0 aliphatic carbocycles. The maximum atomic E-state index is 9.96. The molecular weight excluding hydrogens is 308 g/mol. The number of hydrogen-bond acceptors (Lipinski definition) is 5. The van der Waals surface area contributed by atoms with Gasteiger partial charge in [-0.05, 0) is 24.4 Å². The van der Waals surface area contributed by atoms with Crippen LogP contribution in [0.15, 0.2) is 36.5 Å². The summed E-state index contributed by atoms with van der Waals surface area (Å²) in [5, 5.41) is 10.9. The van der Waals surface area contributed by atoms with Gasteiger partial charge in [0.2, 0.25) is 0 Å². The summed E-state index contributed by atoms with van der Waals surface area (Å²) in [5.74, 6) is 0.227. The average molecular weight is 324 g/mol. The summed E-state index contributed by atoms with van der Waals surface area (Å²) >= 11 is 5.07. The fraction of sp³-hybridized carbons (Fsp3) is 0.235. The predicted octanol–water partition coefficient (Wildman–Crippen LogP) is 2.95. The maximum absolute atomic E-state index is 9.96. The number of fused-ring (bicyclic) bond motifs is 2. The SMILES string of the molecule is Oc1cccc2ccc(CN3CCc4[nH]c(=S)ncc4C3)nc12. The van der Waals surface area contributed by atoms with Crippen LogP contribution in [-0.2, 0) is 19.5 Å². The van der Waals surface area contributed by atoms with Crippen molar-refractivity contribution in [3.05, 3.63) is 58.3 Å². The molecule has 2 N–H and O–H groups in total. The number of nitrogens with one attached hydrogen (secondary N) is 1. The van der Waals surface area contributed by atoms with Crippen molar-refractivity contribution in [2.75, 3.05) is 6.54 Å². The molecule has 1 aliphatic heterocycles. The van der Waals surface area contributed by atoms with Crippen molar-refractivity contribution >= 4 is 23.1 Å². The number of phenolic OH excluding ortho intramolecular Hbond substituents is 1. The molecule has 4 rings (SSSR count). The molecule has 2 aromatic heterocycles. The van der Waals surface area contributed by atoms with Crippen molar-refractivity contribution < 1.29 is 5.11 Å². The van der Waals surface area contributed by atoms with Crippen molar-refractivity contribution in [3.8, 4) is 5.75 Å². The first-order chi connectivity index (χ1) is 11.2. The fourth-order valence-electron chi connectivity index (χ4n) is 3.03. The van der Waals surface area contributed by atoms with Crippen molar-refractivity contribution in [3.63, 3.8) is 0 Å². The minimum atomic E-state index is 0.227.